The lowest BCUT2D eigenvalue weighted by Gasteiger charge is -2.42. The number of amides is 1. The van der Waals surface area contributed by atoms with Gasteiger partial charge in [0.05, 0.1) is 16.6 Å². The molecule has 7 heteroatoms. The average molecular weight is 390 g/mol. The van der Waals surface area contributed by atoms with Crippen LogP contribution in [0.3, 0.4) is 0 Å². The number of phenols is 1. The molecule has 1 heterocycles. The maximum Gasteiger partial charge on any atom is 0.253 e. The smallest absolute Gasteiger partial charge is 0.253 e. The van der Waals surface area contributed by atoms with Crippen molar-refractivity contribution in [1.82, 2.24) is 5.32 Å². The molecule has 1 aliphatic heterocycles. The SMILES string of the molecule is CC(=O)c1ccc2c(c1)[C@H](NC(=O)c1ccc(O)cc1Cl)[C@@H](O)C(C)(C)O2. The van der Waals surface area contributed by atoms with Crippen LogP contribution in [0.25, 0.3) is 0 Å². The average Bonchev–Trinajstić information content (AvgIpc) is 2.58. The van der Waals surface area contributed by atoms with Crippen LogP contribution in [0.4, 0.5) is 0 Å². The Bertz CT molecular complexity index is 925. The third-order valence-corrected chi connectivity index (χ3v) is 4.95. The number of ketones is 1. The van der Waals surface area contributed by atoms with E-state index in [1.807, 2.05) is 0 Å². The van der Waals surface area contributed by atoms with Gasteiger partial charge in [0.1, 0.15) is 23.2 Å². The Balaban J connectivity index is 2.01. The topological polar surface area (TPSA) is 95.9 Å². The Morgan fingerprint density at radius 1 is 1.19 bits per heavy atom. The van der Waals surface area contributed by atoms with Gasteiger partial charge in [-0.1, -0.05) is 11.6 Å². The normalized spacial score (nSPS) is 20.3. The van der Waals surface area contributed by atoms with Crippen LogP contribution in [0.15, 0.2) is 36.4 Å². The minimum Gasteiger partial charge on any atom is -0.508 e. The van der Waals surface area contributed by atoms with Gasteiger partial charge in [-0.05, 0) is 57.2 Å². The monoisotopic (exact) mass is 389 g/mol. The largest absolute Gasteiger partial charge is 0.508 e. The van der Waals surface area contributed by atoms with Gasteiger partial charge in [-0.3, -0.25) is 9.59 Å². The second-order valence-corrected chi connectivity index (χ2v) is 7.48. The summed E-state index contributed by atoms with van der Waals surface area (Å²) in [5.74, 6) is -0.220. The second-order valence-electron chi connectivity index (χ2n) is 7.07. The van der Waals surface area contributed by atoms with Gasteiger partial charge < -0.3 is 20.3 Å². The summed E-state index contributed by atoms with van der Waals surface area (Å²) in [6.45, 7) is 4.87. The first-order chi connectivity index (χ1) is 12.6. The Labute approximate surface area is 161 Å². The predicted molar refractivity (Wildman–Crippen MR) is 100 cm³/mol. The summed E-state index contributed by atoms with van der Waals surface area (Å²) >= 11 is 6.05. The number of benzene rings is 2. The molecule has 27 heavy (non-hydrogen) atoms. The van der Waals surface area contributed by atoms with Crippen molar-refractivity contribution in [2.75, 3.05) is 0 Å². The number of carbonyl (C=O) groups is 2. The number of rotatable bonds is 3. The Morgan fingerprint density at radius 2 is 1.89 bits per heavy atom. The van der Waals surface area contributed by atoms with Gasteiger partial charge in [-0.25, -0.2) is 0 Å². The van der Waals surface area contributed by atoms with Crippen molar-refractivity contribution < 1.29 is 24.5 Å². The lowest BCUT2D eigenvalue weighted by atomic mass is 9.85. The van der Waals surface area contributed by atoms with Crippen LogP contribution >= 0.6 is 11.6 Å². The number of hydrogen-bond donors (Lipinski definition) is 3. The highest BCUT2D eigenvalue weighted by Crippen LogP contribution is 2.40. The number of nitrogens with one attached hydrogen (secondary N) is 1. The van der Waals surface area contributed by atoms with Crippen LogP contribution in [0.5, 0.6) is 11.5 Å². The number of carbonyl (C=O) groups excluding carboxylic acids is 2. The fraction of sp³-hybridized carbons (Fsp3) is 0.300. The molecule has 142 valence electrons. The highest BCUT2D eigenvalue weighted by Gasteiger charge is 2.44. The number of halogens is 1. The molecule has 0 saturated carbocycles. The van der Waals surface area contributed by atoms with Crippen LogP contribution in [0.2, 0.25) is 5.02 Å². The lowest BCUT2D eigenvalue weighted by Crippen LogP contribution is -2.53. The van der Waals surface area contributed by atoms with E-state index in [0.717, 1.165) is 0 Å². The van der Waals surface area contributed by atoms with E-state index >= 15 is 0 Å². The first-order valence-corrected chi connectivity index (χ1v) is 8.79. The Hall–Kier alpha value is -2.57. The highest BCUT2D eigenvalue weighted by molar-refractivity contribution is 6.34. The van der Waals surface area contributed by atoms with Gasteiger partial charge in [0.2, 0.25) is 0 Å². The molecule has 1 aliphatic rings. The Morgan fingerprint density at radius 3 is 2.52 bits per heavy atom. The summed E-state index contributed by atoms with van der Waals surface area (Å²) in [5, 5.41) is 23.1. The third kappa shape index (κ3) is 3.63. The van der Waals surface area contributed by atoms with Crippen molar-refractivity contribution in [3.05, 3.63) is 58.1 Å². The van der Waals surface area contributed by atoms with E-state index in [1.54, 1.807) is 32.0 Å². The summed E-state index contributed by atoms with van der Waals surface area (Å²) in [5.41, 5.74) is 0.167. The van der Waals surface area contributed by atoms with E-state index in [1.165, 1.54) is 25.1 Å². The van der Waals surface area contributed by atoms with Crippen LogP contribution in [-0.4, -0.2) is 33.6 Å². The number of Topliss-reactive ketones (excluding diaryl/α,β-unsaturated/α-hetero) is 1. The van der Waals surface area contributed by atoms with Gasteiger partial charge >= 0.3 is 0 Å². The van der Waals surface area contributed by atoms with Gasteiger partial charge in [-0.15, -0.1) is 0 Å². The van der Waals surface area contributed by atoms with Crippen LogP contribution in [0, 0.1) is 0 Å². The second kappa shape index (κ2) is 6.87. The molecule has 2 aromatic carbocycles. The molecule has 0 unspecified atom stereocenters. The number of aliphatic hydroxyl groups excluding tert-OH is 1. The Kier molecular flexibility index (Phi) is 4.88. The summed E-state index contributed by atoms with van der Waals surface area (Å²) < 4.78 is 5.85. The summed E-state index contributed by atoms with van der Waals surface area (Å²) in [6, 6.07) is 8.13. The van der Waals surface area contributed by atoms with Crippen molar-refractivity contribution >= 4 is 23.3 Å². The molecule has 2 atom stereocenters. The molecule has 0 fully saturated rings. The molecular weight excluding hydrogens is 370 g/mol. The van der Waals surface area contributed by atoms with E-state index in [9.17, 15) is 19.8 Å². The molecule has 3 N–H and O–H groups in total. The van der Waals surface area contributed by atoms with Crippen molar-refractivity contribution in [1.29, 1.82) is 0 Å². The molecule has 0 aromatic heterocycles. The van der Waals surface area contributed by atoms with Gasteiger partial charge in [0, 0.05) is 11.1 Å². The summed E-state index contributed by atoms with van der Waals surface area (Å²) in [7, 11) is 0. The molecule has 0 aliphatic carbocycles. The van der Waals surface area contributed by atoms with E-state index < -0.39 is 23.7 Å². The molecule has 3 rings (SSSR count). The molecule has 2 aromatic rings. The zero-order valence-electron chi connectivity index (χ0n) is 15.1. The number of aliphatic hydroxyl groups is 1. The molecule has 0 bridgehead atoms. The molecule has 0 radical (unpaired) electrons. The van der Waals surface area contributed by atoms with Crippen molar-refractivity contribution in [2.24, 2.45) is 0 Å². The maximum atomic E-state index is 12.7. The van der Waals surface area contributed by atoms with Crippen molar-refractivity contribution in [3.8, 4) is 11.5 Å². The zero-order valence-corrected chi connectivity index (χ0v) is 15.9. The molecule has 1 amide bonds. The minimum atomic E-state index is -1.06. The first-order valence-electron chi connectivity index (χ1n) is 8.41. The number of hydrogen-bond acceptors (Lipinski definition) is 5. The quantitative estimate of drug-likeness (QED) is 0.700. The van der Waals surface area contributed by atoms with Crippen LogP contribution in [0.1, 0.15) is 53.1 Å². The minimum absolute atomic E-state index is 0.0553. The van der Waals surface area contributed by atoms with Gasteiger partial charge in [0.25, 0.3) is 5.91 Å². The summed E-state index contributed by atoms with van der Waals surface area (Å²) in [6.07, 6.45) is -1.06. The van der Waals surface area contributed by atoms with Gasteiger partial charge in [-0.2, -0.15) is 0 Å². The summed E-state index contributed by atoms with van der Waals surface area (Å²) in [4.78, 5) is 24.5. The van der Waals surface area contributed by atoms with Crippen molar-refractivity contribution in [3.63, 3.8) is 0 Å². The fourth-order valence-electron chi connectivity index (χ4n) is 3.08. The lowest BCUT2D eigenvalue weighted by molar-refractivity contribution is -0.0627. The third-order valence-electron chi connectivity index (χ3n) is 4.64. The highest BCUT2D eigenvalue weighted by atomic mass is 35.5. The zero-order chi connectivity index (χ0) is 19.9. The predicted octanol–water partition coefficient (Wildman–Crippen LogP) is 3.25. The number of ether oxygens (including phenoxy) is 1. The fourth-order valence-corrected chi connectivity index (χ4v) is 3.34. The van der Waals surface area contributed by atoms with Crippen LogP contribution in [-0.2, 0) is 0 Å². The maximum absolute atomic E-state index is 12.7. The number of aromatic hydroxyl groups is 1. The molecule has 0 saturated heterocycles. The number of phenolic OH excluding ortho intramolecular Hbond substituents is 1. The van der Waals surface area contributed by atoms with Gasteiger partial charge in [0.15, 0.2) is 5.78 Å². The van der Waals surface area contributed by atoms with E-state index in [2.05, 4.69) is 5.32 Å². The van der Waals surface area contributed by atoms with E-state index in [-0.39, 0.29) is 22.1 Å². The standard InChI is InChI=1S/C20H20ClNO5/c1-10(23)11-4-7-16-14(8-11)17(18(25)20(2,3)27-16)22-19(26)13-6-5-12(24)9-15(13)21/h4-9,17-18,24-25H,1-3H3,(H,22,26)/t17-,18+/m0/s1. The van der Waals surface area contributed by atoms with Crippen LogP contribution < -0.4 is 10.1 Å². The van der Waals surface area contributed by atoms with E-state index in [4.69, 9.17) is 16.3 Å². The first kappa shape index (κ1) is 19.2. The molecule has 6 nitrogen and oxygen atoms in total. The molecular formula is C20H20ClNO5. The van der Waals surface area contributed by atoms with Crippen molar-refractivity contribution in [2.45, 2.75) is 38.5 Å². The molecule has 0 spiro atoms. The number of fused-ring (bicyclic) bond motifs is 1. The van der Waals surface area contributed by atoms with E-state index in [0.29, 0.717) is 16.9 Å².